The number of nitrogens with one attached hydrogen (secondary N) is 1. The number of piperazine rings is 1. The fraction of sp³-hybridized carbons (Fsp3) is 0.700. The normalized spacial score (nSPS) is 20.1. The van der Waals surface area contributed by atoms with E-state index in [2.05, 4.69) is 5.32 Å². The van der Waals surface area contributed by atoms with Gasteiger partial charge in [-0.3, -0.25) is 4.79 Å². The number of hydrogen-bond donors (Lipinski definition) is 1. The predicted octanol–water partition coefficient (Wildman–Crippen LogP) is 3.39. The highest BCUT2D eigenvalue weighted by atomic mass is 16.3. The lowest BCUT2D eigenvalue weighted by molar-refractivity contribution is -0.138. The van der Waals surface area contributed by atoms with Crippen LogP contribution >= 0.6 is 0 Å². The van der Waals surface area contributed by atoms with Crippen molar-refractivity contribution < 1.29 is 14.0 Å². The van der Waals surface area contributed by atoms with Gasteiger partial charge >= 0.3 is 6.03 Å². The summed E-state index contributed by atoms with van der Waals surface area (Å²) < 4.78 is 5.55. The molecule has 1 saturated carbocycles. The summed E-state index contributed by atoms with van der Waals surface area (Å²) in [5, 5.41) is 3.05. The van der Waals surface area contributed by atoms with E-state index in [1.165, 1.54) is 19.3 Å². The summed E-state index contributed by atoms with van der Waals surface area (Å²) in [5.74, 6) is 2.20. The molecule has 1 aliphatic heterocycles. The standard InChI is InChI=1S/C20H31N3O3/c1-14-13-18(16(3)26-14)15(2)21-20(25)23-11-9-22(10-12-23)19(24)17-7-5-4-6-8-17/h13,15,17H,4-12H2,1-3H3,(H,21,25). The van der Waals surface area contributed by atoms with E-state index in [1.807, 2.05) is 36.6 Å². The molecule has 2 heterocycles. The van der Waals surface area contributed by atoms with Crippen LogP contribution in [0.15, 0.2) is 10.5 Å². The minimum atomic E-state index is -0.0955. The molecule has 1 saturated heterocycles. The largest absolute Gasteiger partial charge is 0.466 e. The highest BCUT2D eigenvalue weighted by Gasteiger charge is 2.30. The van der Waals surface area contributed by atoms with E-state index in [-0.39, 0.29) is 18.0 Å². The van der Waals surface area contributed by atoms with Gasteiger partial charge in [-0.05, 0) is 39.7 Å². The van der Waals surface area contributed by atoms with Crippen molar-refractivity contribution >= 4 is 11.9 Å². The zero-order chi connectivity index (χ0) is 18.7. The Kier molecular flexibility index (Phi) is 5.89. The number of urea groups is 1. The minimum absolute atomic E-state index is 0.0690. The topological polar surface area (TPSA) is 65.8 Å². The van der Waals surface area contributed by atoms with Crippen molar-refractivity contribution in [2.24, 2.45) is 5.92 Å². The molecule has 1 aromatic heterocycles. The highest BCUT2D eigenvalue weighted by molar-refractivity contribution is 5.80. The molecule has 26 heavy (non-hydrogen) atoms. The monoisotopic (exact) mass is 361 g/mol. The number of rotatable bonds is 3. The van der Waals surface area contributed by atoms with Crippen LogP contribution in [-0.4, -0.2) is 47.9 Å². The molecule has 6 nitrogen and oxygen atoms in total. The minimum Gasteiger partial charge on any atom is -0.466 e. The van der Waals surface area contributed by atoms with Gasteiger partial charge in [0.25, 0.3) is 0 Å². The molecule has 1 atom stereocenters. The van der Waals surface area contributed by atoms with E-state index in [0.717, 1.165) is 29.9 Å². The summed E-state index contributed by atoms with van der Waals surface area (Å²) >= 11 is 0. The Morgan fingerprint density at radius 2 is 1.69 bits per heavy atom. The number of hydrogen-bond acceptors (Lipinski definition) is 3. The molecule has 144 valence electrons. The second-order valence-corrected chi connectivity index (χ2v) is 7.69. The Bertz CT molecular complexity index is 641. The van der Waals surface area contributed by atoms with Crippen LogP contribution in [0, 0.1) is 19.8 Å². The Morgan fingerprint density at radius 1 is 1.08 bits per heavy atom. The smallest absolute Gasteiger partial charge is 0.317 e. The van der Waals surface area contributed by atoms with Gasteiger partial charge in [-0.2, -0.15) is 0 Å². The van der Waals surface area contributed by atoms with Crippen molar-refractivity contribution in [3.8, 4) is 0 Å². The van der Waals surface area contributed by atoms with Crippen LogP contribution in [0.25, 0.3) is 0 Å². The molecule has 3 amide bonds. The maximum atomic E-state index is 12.6. The van der Waals surface area contributed by atoms with Crippen LogP contribution in [0.5, 0.6) is 0 Å². The van der Waals surface area contributed by atoms with Crippen LogP contribution in [-0.2, 0) is 4.79 Å². The summed E-state index contributed by atoms with van der Waals surface area (Å²) in [4.78, 5) is 28.9. The van der Waals surface area contributed by atoms with Gasteiger partial charge in [-0.1, -0.05) is 19.3 Å². The molecule has 3 rings (SSSR count). The molecule has 1 aromatic rings. The van der Waals surface area contributed by atoms with E-state index in [0.29, 0.717) is 32.1 Å². The van der Waals surface area contributed by atoms with Gasteiger partial charge in [0.15, 0.2) is 0 Å². The second kappa shape index (κ2) is 8.14. The van der Waals surface area contributed by atoms with Gasteiger partial charge in [0.2, 0.25) is 5.91 Å². The molecular weight excluding hydrogens is 330 g/mol. The van der Waals surface area contributed by atoms with Crippen molar-refractivity contribution in [2.45, 2.75) is 58.9 Å². The molecule has 6 heteroatoms. The van der Waals surface area contributed by atoms with E-state index < -0.39 is 0 Å². The van der Waals surface area contributed by atoms with Crippen LogP contribution in [0.1, 0.15) is 62.2 Å². The highest BCUT2D eigenvalue weighted by Crippen LogP contribution is 2.26. The molecule has 0 bridgehead atoms. The van der Waals surface area contributed by atoms with E-state index in [4.69, 9.17) is 4.42 Å². The van der Waals surface area contributed by atoms with Gasteiger partial charge in [0.05, 0.1) is 6.04 Å². The molecule has 1 aliphatic carbocycles. The predicted molar refractivity (Wildman–Crippen MR) is 99.9 cm³/mol. The van der Waals surface area contributed by atoms with Crippen molar-refractivity contribution in [3.05, 3.63) is 23.2 Å². The number of furan rings is 1. The summed E-state index contributed by atoms with van der Waals surface area (Å²) in [6.45, 7) is 8.27. The fourth-order valence-electron chi connectivity index (χ4n) is 4.17. The first kappa shape index (κ1) is 18.8. The van der Waals surface area contributed by atoms with Crippen LogP contribution < -0.4 is 5.32 Å². The van der Waals surface area contributed by atoms with Crippen LogP contribution in [0.3, 0.4) is 0 Å². The van der Waals surface area contributed by atoms with Crippen LogP contribution in [0.4, 0.5) is 4.79 Å². The van der Waals surface area contributed by atoms with Gasteiger partial charge < -0.3 is 19.5 Å². The number of amides is 3. The molecular formula is C20H31N3O3. The van der Waals surface area contributed by atoms with E-state index in [1.54, 1.807) is 0 Å². The Labute approximate surface area is 155 Å². The van der Waals surface area contributed by atoms with E-state index in [9.17, 15) is 9.59 Å². The first-order chi connectivity index (χ1) is 12.5. The first-order valence-electron chi connectivity index (χ1n) is 9.87. The van der Waals surface area contributed by atoms with Gasteiger partial charge in [0.1, 0.15) is 11.5 Å². The summed E-state index contributed by atoms with van der Waals surface area (Å²) in [7, 11) is 0. The Hall–Kier alpha value is -1.98. The van der Waals surface area contributed by atoms with Gasteiger partial charge in [-0.25, -0.2) is 4.79 Å². The fourth-order valence-corrected chi connectivity index (χ4v) is 4.17. The number of carbonyl (C=O) groups is 2. The molecule has 2 aliphatic rings. The van der Waals surface area contributed by atoms with Gasteiger partial charge in [-0.15, -0.1) is 0 Å². The summed E-state index contributed by atoms with van der Waals surface area (Å²) in [6.07, 6.45) is 5.65. The average molecular weight is 361 g/mol. The maximum absolute atomic E-state index is 12.6. The van der Waals surface area contributed by atoms with Crippen molar-refractivity contribution in [1.82, 2.24) is 15.1 Å². The van der Waals surface area contributed by atoms with Crippen molar-refractivity contribution in [2.75, 3.05) is 26.2 Å². The molecule has 0 radical (unpaired) electrons. The average Bonchev–Trinajstić information content (AvgIpc) is 3.00. The lowest BCUT2D eigenvalue weighted by Crippen LogP contribution is -2.54. The quantitative estimate of drug-likeness (QED) is 0.897. The third kappa shape index (κ3) is 4.22. The maximum Gasteiger partial charge on any atom is 0.317 e. The Balaban J connectivity index is 1.48. The zero-order valence-electron chi connectivity index (χ0n) is 16.2. The number of aryl methyl sites for hydroxylation is 2. The molecule has 2 fully saturated rings. The SMILES string of the molecule is Cc1cc(C(C)NC(=O)N2CCN(C(=O)C3CCCCC3)CC2)c(C)o1. The zero-order valence-corrected chi connectivity index (χ0v) is 16.2. The molecule has 1 unspecified atom stereocenters. The lowest BCUT2D eigenvalue weighted by atomic mass is 9.88. The first-order valence-corrected chi connectivity index (χ1v) is 9.87. The van der Waals surface area contributed by atoms with Gasteiger partial charge in [0, 0.05) is 37.7 Å². The van der Waals surface area contributed by atoms with Crippen molar-refractivity contribution in [1.29, 1.82) is 0 Å². The second-order valence-electron chi connectivity index (χ2n) is 7.69. The number of nitrogens with zero attached hydrogens (tertiary/aromatic N) is 2. The van der Waals surface area contributed by atoms with Crippen LogP contribution in [0.2, 0.25) is 0 Å². The lowest BCUT2D eigenvalue weighted by Gasteiger charge is -2.37. The number of carbonyl (C=O) groups excluding carboxylic acids is 2. The molecule has 0 spiro atoms. The molecule has 1 N–H and O–H groups in total. The summed E-state index contributed by atoms with van der Waals surface area (Å²) in [5.41, 5.74) is 1.02. The van der Waals surface area contributed by atoms with E-state index >= 15 is 0 Å². The third-order valence-electron chi connectivity index (χ3n) is 5.72. The summed E-state index contributed by atoms with van der Waals surface area (Å²) in [6, 6.07) is 1.81. The third-order valence-corrected chi connectivity index (χ3v) is 5.72. The Morgan fingerprint density at radius 3 is 2.27 bits per heavy atom. The van der Waals surface area contributed by atoms with Crippen molar-refractivity contribution in [3.63, 3.8) is 0 Å². The molecule has 0 aromatic carbocycles.